The Morgan fingerprint density at radius 3 is 0.906 bits per heavy atom. The quantitative estimate of drug-likeness (QED) is 0.130. The molecule has 53 heavy (non-hydrogen) atoms. The molecule has 0 unspecified atom stereocenters. The number of hydrogen-bond donors (Lipinski definition) is 2. The Morgan fingerprint density at radius 1 is 0.415 bits per heavy atom. The topological polar surface area (TPSA) is 165 Å². The molecule has 0 atom stereocenters. The van der Waals surface area contributed by atoms with Crippen LogP contribution < -0.4 is 43.4 Å². The van der Waals surface area contributed by atoms with E-state index in [1.165, 1.54) is 24.3 Å². The van der Waals surface area contributed by atoms with Gasteiger partial charge in [-0.25, -0.2) is 19.2 Å². The van der Waals surface area contributed by atoms with Gasteiger partial charge in [-0.05, 0) is 96.1 Å². The van der Waals surface area contributed by atoms with E-state index in [0.717, 1.165) is 60.7 Å². The molecule has 0 spiro atoms. The molecule has 2 aromatic heterocycles. The Kier molecular flexibility index (Phi) is 9.07. The number of ether oxygens (including phenoxy) is 2. The number of hydrogen-bond acceptors (Lipinski definition) is 10. The van der Waals surface area contributed by atoms with Gasteiger partial charge in [0.15, 0.2) is 0 Å². The van der Waals surface area contributed by atoms with Gasteiger partial charge in [0, 0.05) is 11.4 Å². The highest BCUT2D eigenvalue weighted by Crippen LogP contribution is 2.56. The van der Waals surface area contributed by atoms with E-state index in [1.807, 2.05) is 0 Å². The minimum Gasteiger partial charge on any atom is -0.457 e. The molecule has 0 amide bonds. The van der Waals surface area contributed by atoms with Crippen molar-refractivity contribution in [2.75, 3.05) is 11.5 Å². The third-order valence-corrected chi connectivity index (χ3v) is 8.06. The Bertz CT molecular complexity index is 2370. The van der Waals surface area contributed by atoms with Crippen molar-refractivity contribution in [3.63, 3.8) is 0 Å². The van der Waals surface area contributed by atoms with E-state index < -0.39 is 51.4 Å². The highest BCUT2D eigenvalue weighted by Gasteiger charge is 2.72. The van der Waals surface area contributed by atoms with Gasteiger partial charge in [0.05, 0.1) is 21.5 Å². The zero-order valence-corrected chi connectivity index (χ0v) is 26.6. The fourth-order valence-electron chi connectivity index (χ4n) is 5.54. The van der Waals surface area contributed by atoms with Crippen LogP contribution in [0, 0.1) is 0 Å². The summed E-state index contributed by atoms with van der Waals surface area (Å²) >= 11 is 0. The van der Waals surface area contributed by atoms with Crippen molar-refractivity contribution in [1.29, 1.82) is 0 Å². The Balaban J connectivity index is 0.000000247. The number of benzene rings is 5. The van der Waals surface area contributed by atoms with E-state index in [-0.39, 0.29) is 33.0 Å². The number of fused-ring (bicyclic) bond motifs is 2. The Hall–Kier alpha value is -6.84. The summed E-state index contributed by atoms with van der Waals surface area (Å²) in [5, 5.41) is -0.0726. The van der Waals surface area contributed by atoms with Crippen molar-refractivity contribution in [1.82, 2.24) is 0 Å². The van der Waals surface area contributed by atoms with Crippen molar-refractivity contribution >= 4 is 32.9 Å². The summed E-state index contributed by atoms with van der Waals surface area (Å²) in [5.74, 6) is 0.742. The van der Waals surface area contributed by atoms with Crippen molar-refractivity contribution in [2.45, 2.75) is 17.8 Å². The minimum atomic E-state index is -5.72. The van der Waals surface area contributed by atoms with Crippen LogP contribution in [0.25, 0.3) is 21.5 Å². The molecule has 270 valence electrons. The van der Waals surface area contributed by atoms with E-state index in [1.54, 1.807) is 24.3 Å². The molecule has 0 bridgehead atoms. The molecule has 4 N–H and O–H groups in total. The Morgan fingerprint density at radius 2 is 0.660 bits per heavy atom. The first-order valence-corrected chi connectivity index (χ1v) is 15.1. The predicted molar refractivity (Wildman–Crippen MR) is 181 cm³/mol. The molecule has 0 saturated heterocycles. The summed E-state index contributed by atoms with van der Waals surface area (Å²) in [4.78, 5) is 44.7. The summed E-state index contributed by atoms with van der Waals surface area (Å²) in [6, 6.07) is 21.8. The van der Waals surface area contributed by atoms with Crippen LogP contribution in [0.1, 0.15) is 11.1 Å². The summed E-state index contributed by atoms with van der Waals surface area (Å²) in [6.45, 7) is 0. The first kappa shape index (κ1) is 36.0. The number of nitrogen functional groups attached to an aromatic ring is 2. The normalized spacial score (nSPS) is 12.0. The fraction of sp³-hybridized carbons (Fsp3) is 0.0811. The first-order valence-electron chi connectivity index (χ1n) is 15.1. The fourth-order valence-corrected chi connectivity index (χ4v) is 5.54. The molecule has 7 rings (SSSR count). The van der Waals surface area contributed by atoms with Crippen LogP contribution in [0.2, 0.25) is 0 Å². The van der Waals surface area contributed by atoms with Crippen molar-refractivity contribution < 1.29 is 44.7 Å². The molecule has 2 heterocycles. The van der Waals surface area contributed by atoms with E-state index >= 15 is 0 Å². The zero-order chi connectivity index (χ0) is 38.3. The SMILES string of the molecule is Nc1ccc(Oc2ccc(C(c3ccc(Oc4ccc(N)cc4)cc3)(C(F)(F)F)C(F)(F)F)cc2)cc1.O=c1oc(=O)c2cc3c(=O)oc(=O)c3cc12. The Labute approximate surface area is 291 Å². The van der Waals surface area contributed by atoms with Crippen LogP contribution in [0.4, 0.5) is 37.7 Å². The van der Waals surface area contributed by atoms with Gasteiger partial charge in [-0.15, -0.1) is 0 Å². The third kappa shape index (κ3) is 6.81. The summed E-state index contributed by atoms with van der Waals surface area (Å²) in [5.41, 5.74) is 2.52. The first-order chi connectivity index (χ1) is 25.0. The largest absolute Gasteiger partial charge is 0.457 e. The maximum absolute atomic E-state index is 14.4. The molecular weight excluding hydrogens is 714 g/mol. The van der Waals surface area contributed by atoms with E-state index in [4.69, 9.17) is 20.9 Å². The summed E-state index contributed by atoms with van der Waals surface area (Å²) < 4.78 is 106. The van der Waals surface area contributed by atoms with Crippen LogP contribution >= 0.6 is 0 Å². The van der Waals surface area contributed by atoms with Gasteiger partial charge < -0.3 is 29.8 Å². The number of rotatable bonds is 6. The van der Waals surface area contributed by atoms with Crippen LogP contribution in [-0.2, 0) is 5.41 Å². The highest BCUT2D eigenvalue weighted by atomic mass is 19.4. The van der Waals surface area contributed by atoms with Gasteiger partial charge in [0.25, 0.3) is 0 Å². The van der Waals surface area contributed by atoms with Crippen LogP contribution in [-0.4, -0.2) is 12.4 Å². The lowest BCUT2D eigenvalue weighted by atomic mass is 9.73. The minimum absolute atomic E-state index is 0.0181. The van der Waals surface area contributed by atoms with Crippen LogP contribution in [0.15, 0.2) is 137 Å². The molecule has 7 aromatic rings. The van der Waals surface area contributed by atoms with E-state index in [9.17, 15) is 45.5 Å². The molecule has 0 aliphatic heterocycles. The van der Waals surface area contributed by atoms with E-state index in [2.05, 4.69) is 8.83 Å². The number of halogens is 6. The number of anilines is 2. The monoisotopic (exact) mass is 736 g/mol. The second kappa shape index (κ2) is 13.4. The molecule has 0 aliphatic carbocycles. The van der Waals surface area contributed by atoms with Crippen molar-refractivity contribution in [2.24, 2.45) is 0 Å². The maximum atomic E-state index is 14.4. The molecule has 10 nitrogen and oxygen atoms in total. The second-order valence-electron chi connectivity index (χ2n) is 11.4. The molecule has 0 saturated carbocycles. The average molecular weight is 737 g/mol. The van der Waals surface area contributed by atoms with Gasteiger partial charge in [-0.3, -0.25) is 0 Å². The summed E-state index contributed by atoms with van der Waals surface area (Å²) in [7, 11) is 0. The average Bonchev–Trinajstić information content (AvgIpc) is 3.54. The van der Waals surface area contributed by atoms with Gasteiger partial charge in [-0.1, -0.05) is 24.3 Å². The lowest BCUT2D eigenvalue weighted by Gasteiger charge is -2.38. The van der Waals surface area contributed by atoms with Gasteiger partial charge in [-0.2, -0.15) is 26.3 Å². The van der Waals surface area contributed by atoms with Crippen molar-refractivity contribution in [3.05, 3.63) is 162 Å². The van der Waals surface area contributed by atoms with Crippen LogP contribution in [0.5, 0.6) is 23.0 Å². The highest BCUT2D eigenvalue weighted by molar-refractivity contribution is 5.96. The number of alkyl halides is 6. The second-order valence-corrected chi connectivity index (χ2v) is 11.4. The third-order valence-electron chi connectivity index (χ3n) is 8.06. The predicted octanol–water partition coefficient (Wildman–Crippen LogP) is 7.34. The smallest absolute Gasteiger partial charge is 0.411 e. The molecule has 16 heteroatoms. The lowest BCUT2D eigenvalue weighted by molar-refractivity contribution is -0.288. The number of furan rings is 2. The van der Waals surface area contributed by atoms with Gasteiger partial charge >= 0.3 is 34.9 Å². The van der Waals surface area contributed by atoms with Gasteiger partial charge in [0.1, 0.15) is 23.0 Å². The number of nitrogens with two attached hydrogens (primary N) is 2. The molecule has 0 fully saturated rings. The van der Waals surface area contributed by atoms with Gasteiger partial charge in [0.2, 0.25) is 5.41 Å². The summed E-state index contributed by atoms with van der Waals surface area (Å²) in [6.07, 6.45) is -11.4. The molecular formula is C37H22F6N2O8. The van der Waals surface area contributed by atoms with Crippen molar-refractivity contribution in [3.8, 4) is 23.0 Å². The molecule has 0 radical (unpaired) electrons. The molecule has 0 aliphatic rings. The zero-order valence-electron chi connectivity index (χ0n) is 26.6. The lowest BCUT2D eigenvalue weighted by Crippen LogP contribution is -2.54. The van der Waals surface area contributed by atoms with Crippen LogP contribution in [0.3, 0.4) is 0 Å². The maximum Gasteiger partial charge on any atom is 0.411 e. The molecule has 5 aromatic carbocycles. The van der Waals surface area contributed by atoms with E-state index in [0.29, 0.717) is 22.9 Å². The standard InChI is InChI=1S/C27H20F6N2O2.C10H2O6/c28-26(29,30)25(27(31,32)33,17-1-9-21(10-2-17)36-23-13-5-19(34)6-14-23)18-3-11-22(12-4-18)37-24-15-7-20(35)8-16-24;11-7-3-1-4-6(10(14)16-8(4)12)2-5(3)9(13)15-7/h1-16H,34-35H2;1-2H.